The standard InChI is InChI=1S/C21H28Cl3N3O3S/c1-11(2)14-7-5-12(3)9-16(14)30-20(28)27-18(21(22,23)24)26-19-25-15-8-6-13(29-4)10-17(15)31-19/h6,8,10-12,14,16,18H,5,7,9H2,1-4H3,(H,25,26)(H,27,28)/t12-,14+,16+,18-/m0/s1. The van der Waals surface area contributed by atoms with E-state index in [1.165, 1.54) is 11.3 Å². The summed E-state index contributed by atoms with van der Waals surface area (Å²) in [4.78, 5) is 17.2. The van der Waals surface area contributed by atoms with Crippen molar-refractivity contribution in [2.24, 2.45) is 17.8 Å². The molecule has 0 aliphatic heterocycles. The topological polar surface area (TPSA) is 72.5 Å². The lowest BCUT2D eigenvalue weighted by Gasteiger charge is -2.37. The number of benzene rings is 1. The van der Waals surface area contributed by atoms with Gasteiger partial charge in [0.15, 0.2) is 11.3 Å². The Morgan fingerprint density at radius 1 is 1.29 bits per heavy atom. The Morgan fingerprint density at radius 2 is 2.03 bits per heavy atom. The number of halogens is 3. The molecule has 172 valence electrons. The zero-order valence-corrected chi connectivity index (χ0v) is 21.0. The van der Waals surface area contributed by atoms with Crippen molar-refractivity contribution in [3.8, 4) is 5.75 Å². The Labute approximate surface area is 201 Å². The van der Waals surface area contributed by atoms with Crippen molar-refractivity contribution in [2.75, 3.05) is 12.4 Å². The molecule has 2 aromatic rings. The smallest absolute Gasteiger partial charge is 0.409 e. The maximum Gasteiger partial charge on any atom is 0.409 e. The molecule has 1 aromatic carbocycles. The highest BCUT2D eigenvalue weighted by Gasteiger charge is 2.38. The molecule has 1 aliphatic rings. The van der Waals surface area contributed by atoms with Gasteiger partial charge in [0, 0.05) is 0 Å². The number of aromatic nitrogens is 1. The van der Waals surface area contributed by atoms with Crippen molar-refractivity contribution in [3.05, 3.63) is 18.2 Å². The van der Waals surface area contributed by atoms with Crippen molar-refractivity contribution in [2.45, 2.75) is 56.1 Å². The lowest BCUT2D eigenvalue weighted by Crippen LogP contribution is -2.50. The minimum absolute atomic E-state index is 0.158. The molecule has 10 heteroatoms. The second-order valence-corrected chi connectivity index (χ2v) is 11.8. The van der Waals surface area contributed by atoms with E-state index in [2.05, 4.69) is 36.4 Å². The van der Waals surface area contributed by atoms with Crippen molar-refractivity contribution in [1.29, 1.82) is 0 Å². The Morgan fingerprint density at radius 3 is 2.68 bits per heavy atom. The molecule has 0 unspecified atom stereocenters. The van der Waals surface area contributed by atoms with Gasteiger partial charge in [-0.25, -0.2) is 9.78 Å². The summed E-state index contributed by atoms with van der Waals surface area (Å²) < 4.78 is 10.1. The fourth-order valence-corrected chi connectivity index (χ4v) is 5.21. The normalized spacial score (nSPS) is 22.9. The van der Waals surface area contributed by atoms with Crippen LogP contribution in [-0.2, 0) is 4.74 Å². The molecule has 1 fully saturated rings. The van der Waals surface area contributed by atoms with Crippen LogP contribution in [0.3, 0.4) is 0 Å². The quantitative estimate of drug-likeness (QED) is 0.340. The number of alkyl halides is 3. The third kappa shape index (κ3) is 6.44. The number of amides is 1. The summed E-state index contributed by atoms with van der Waals surface area (Å²) in [6.45, 7) is 6.49. The van der Waals surface area contributed by atoms with E-state index in [9.17, 15) is 4.79 Å². The fraction of sp³-hybridized carbons (Fsp3) is 0.619. The first kappa shape index (κ1) is 24.5. The van der Waals surface area contributed by atoms with Crippen LogP contribution in [0, 0.1) is 17.8 Å². The molecule has 0 saturated heterocycles. The molecule has 1 aliphatic carbocycles. The molecule has 6 nitrogen and oxygen atoms in total. The molecule has 31 heavy (non-hydrogen) atoms. The number of nitrogens with one attached hydrogen (secondary N) is 2. The van der Waals surface area contributed by atoms with Gasteiger partial charge in [0.05, 0.1) is 17.3 Å². The lowest BCUT2D eigenvalue weighted by molar-refractivity contribution is 0.00534. The molecule has 1 aromatic heterocycles. The Hall–Kier alpha value is -1.15. The summed E-state index contributed by atoms with van der Waals surface area (Å²) in [5, 5.41) is 6.19. The van der Waals surface area contributed by atoms with Crippen LogP contribution < -0.4 is 15.4 Å². The number of hydrogen-bond donors (Lipinski definition) is 2. The molecule has 0 bridgehead atoms. The maximum atomic E-state index is 12.7. The van der Waals surface area contributed by atoms with Gasteiger partial charge in [-0.05, 0) is 48.8 Å². The molecule has 2 N–H and O–H groups in total. The van der Waals surface area contributed by atoms with Gasteiger partial charge in [-0.3, -0.25) is 5.32 Å². The van der Waals surface area contributed by atoms with Crippen molar-refractivity contribution in [3.63, 3.8) is 0 Å². The summed E-state index contributed by atoms with van der Waals surface area (Å²) in [7, 11) is 1.60. The molecule has 4 atom stereocenters. The number of thiazole rings is 1. The van der Waals surface area contributed by atoms with Gasteiger partial charge in [-0.2, -0.15) is 0 Å². The van der Waals surface area contributed by atoms with Crippen LogP contribution >= 0.6 is 46.1 Å². The van der Waals surface area contributed by atoms with E-state index in [-0.39, 0.29) is 6.10 Å². The third-order valence-corrected chi connectivity index (χ3v) is 7.28. The van der Waals surface area contributed by atoms with E-state index < -0.39 is 16.1 Å². The number of nitrogens with zero attached hydrogens (tertiary/aromatic N) is 1. The molecule has 1 amide bonds. The van der Waals surface area contributed by atoms with E-state index in [1.807, 2.05) is 18.2 Å². The molecule has 1 heterocycles. The van der Waals surface area contributed by atoms with Gasteiger partial charge in [0.25, 0.3) is 0 Å². The highest BCUT2D eigenvalue weighted by Crippen LogP contribution is 2.37. The van der Waals surface area contributed by atoms with Gasteiger partial charge in [0.2, 0.25) is 3.79 Å². The zero-order valence-electron chi connectivity index (χ0n) is 18.0. The van der Waals surface area contributed by atoms with Crippen LogP contribution in [0.4, 0.5) is 9.93 Å². The van der Waals surface area contributed by atoms with E-state index in [0.717, 1.165) is 35.2 Å². The van der Waals surface area contributed by atoms with E-state index in [0.29, 0.717) is 22.9 Å². The maximum absolute atomic E-state index is 12.7. The van der Waals surface area contributed by atoms with Gasteiger partial charge in [0.1, 0.15) is 11.9 Å². The minimum atomic E-state index is -1.81. The van der Waals surface area contributed by atoms with Crippen LogP contribution in [0.15, 0.2) is 18.2 Å². The van der Waals surface area contributed by atoms with E-state index >= 15 is 0 Å². The lowest BCUT2D eigenvalue weighted by atomic mass is 9.75. The number of fused-ring (bicyclic) bond motifs is 1. The summed E-state index contributed by atoms with van der Waals surface area (Å²) >= 11 is 19.8. The Balaban J connectivity index is 1.70. The Kier molecular flexibility index (Phi) is 8.05. The molecule has 0 radical (unpaired) electrons. The van der Waals surface area contributed by atoms with Crippen LogP contribution in [0.1, 0.15) is 40.0 Å². The fourth-order valence-electron chi connectivity index (χ4n) is 3.96. The monoisotopic (exact) mass is 507 g/mol. The summed E-state index contributed by atoms with van der Waals surface area (Å²) in [5.74, 6) is 1.98. The van der Waals surface area contributed by atoms with Crippen molar-refractivity contribution in [1.82, 2.24) is 10.3 Å². The average molecular weight is 509 g/mol. The SMILES string of the molecule is COc1ccc2nc(N[C@@H](NC(=O)O[C@@H]3C[C@@H](C)CC[C@@H]3C(C)C)C(Cl)(Cl)Cl)sc2c1. The number of alkyl carbamates (subject to hydrolysis) is 1. The average Bonchev–Trinajstić information content (AvgIpc) is 3.08. The predicted octanol–water partition coefficient (Wildman–Crippen LogP) is 6.60. The number of carbonyl (C=O) groups excluding carboxylic acids is 1. The first-order valence-electron chi connectivity index (χ1n) is 10.3. The van der Waals surface area contributed by atoms with E-state index in [4.69, 9.17) is 44.3 Å². The first-order valence-corrected chi connectivity index (χ1v) is 12.3. The van der Waals surface area contributed by atoms with Crippen molar-refractivity contribution >= 4 is 67.6 Å². The second kappa shape index (κ2) is 10.2. The second-order valence-electron chi connectivity index (χ2n) is 8.39. The predicted molar refractivity (Wildman–Crippen MR) is 129 cm³/mol. The number of methoxy groups -OCH3 is 1. The number of anilines is 1. The van der Waals surface area contributed by atoms with E-state index in [1.54, 1.807) is 7.11 Å². The number of hydrogen-bond acceptors (Lipinski definition) is 6. The molecule has 0 spiro atoms. The zero-order chi connectivity index (χ0) is 22.8. The van der Waals surface area contributed by atoms with Gasteiger partial charge >= 0.3 is 6.09 Å². The van der Waals surface area contributed by atoms with Crippen LogP contribution in [0.2, 0.25) is 0 Å². The summed E-state index contributed by atoms with van der Waals surface area (Å²) in [6, 6.07) is 5.54. The van der Waals surface area contributed by atoms with Crippen molar-refractivity contribution < 1.29 is 14.3 Å². The number of carbonyl (C=O) groups is 1. The summed E-state index contributed by atoms with van der Waals surface area (Å²) in [6.07, 6.45) is 1.22. The van der Waals surface area contributed by atoms with Crippen LogP contribution in [0.25, 0.3) is 10.2 Å². The highest BCUT2D eigenvalue weighted by molar-refractivity contribution is 7.22. The number of ether oxygens (including phenoxy) is 2. The molecule has 1 saturated carbocycles. The van der Waals surface area contributed by atoms with Gasteiger partial charge in [-0.15, -0.1) is 0 Å². The van der Waals surface area contributed by atoms with Gasteiger partial charge in [-0.1, -0.05) is 73.3 Å². The van der Waals surface area contributed by atoms with Crippen LogP contribution in [-0.4, -0.2) is 34.2 Å². The van der Waals surface area contributed by atoms with Crippen LogP contribution in [0.5, 0.6) is 5.75 Å². The number of rotatable bonds is 6. The third-order valence-electron chi connectivity index (χ3n) is 5.67. The first-order chi connectivity index (χ1) is 14.6. The minimum Gasteiger partial charge on any atom is -0.497 e. The highest BCUT2D eigenvalue weighted by atomic mass is 35.6. The molecule has 3 rings (SSSR count). The van der Waals surface area contributed by atoms with Gasteiger partial charge < -0.3 is 14.8 Å². The summed E-state index contributed by atoms with van der Waals surface area (Å²) in [5.41, 5.74) is 0.773. The molecular formula is C21H28Cl3N3O3S. The Bertz CT molecular complexity index is 903. The molecular weight excluding hydrogens is 481 g/mol. The largest absolute Gasteiger partial charge is 0.497 e.